The largest absolute Gasteiger partial charge is 0.545 e. The summed E-state index contributed by atoms with van der Waals surface area (Å²) in [4.78, 5) is 18.8. The number of aliphatic hydroxyl groups excluding tert-OH is 2. The third-order valence-corrected chi connectivity index (χ3v) is 4.67. The quantitative estimate of drug-likeness (QED) is 0.356. The predicted octanol–water partition coefficient (Wildman–Crippen LogP) is -0.447. The number of hydrogen-bond donors (Lipinski definition) is 2. The minimum Gasteiger partial charge on any atom is -0.545 e. The van der Waals surface area contributed by atoms with E-state index in [0.717, 1.165) is 35.1 Å². The molecule has 188 valence electrons. The van der Waals surface area contributed by atoms with Gasteiger partial charge in [-0.3, -0.25) is 0 Å². The van der Waals surface area contributed by atoms with Crippen LogP contribution in [0.15, 0.2) is 72.8 Å². The van der Waals surface area contributed by atoms with Crippen molar-refractivity contribution in [3.8, 4) is 0 Å². The number of hydrogen-bond acceptors (Lipinski definition) is 6. The fourth-order valence-corrected chi connectivity index (χ4v) is 2.99. The molecule has 0 heterocycles. The molecule has 0 saturated heterocycles. The first-order chi connectivity index (χ1) is 15.9. The average molecular weight is 475 g/mol. The molecular weight excluding hydrogens is 436 g/mol. The molecule has 0 atom stereocenters. The number of quaternary nitrogens is 2. The Morgan fingerprint density at radius 1 is 0.676 bits per heavy atom. The lowest BCUT2D eigenvalue weighted by atomic mass is 10.2. The Balaban J connectivity index is 0.000000497. The van der Waals surface area contributed by atoms with E-state index >= 15 is 0 Å². The van der Waals surface area contributed by atoms with Gasteiger partial charge in [0.05, 0.1) is 53.3 Å². The van der Waals surface area contributed by atoms with Crippen molar-refractivity contribution >= 4 is 11.9 Å². The second kappa shape index (κ2) is 16.6. The van der Waals surface area contributed by atoms with E-state index in [1.54, 1.807) is 0 Å². The molecule has 0 aliphatic rings. The number of aliphatic carboxylic acids is 2. The van der Waals surface area contributed by atoms with Gasteiger partial charge in [0.1, 0.15) is 26.2 Å². The molecule has 0 fully saturated rings. The van der Waals surface area contributed by atoms with Crippen LogP contribution in [-0.4, -0.2) is 85.6 Å². The molecule has 8 nitrogen and oxygen atoms in total. The van der Waals surface area contributed by atoms with Crippen LogP contribution in [0.2, 0.25) is 0 Å². The van der Waals surface area contributed by atoms with Crippen molar-refractivity contribution in [1.82, 2.24) is 0 Å². The average Bonchev–Trinajstić information content (AvgIpc) is 2.74. The summed E-state index contributed by atoms with van der Waals surface area (Å²) in [6.07, 6.45) is 0.769. The van der Waals surface area contributed by atoms with E-state index in [9.17, 15) is 19.8 Å². The van der Waals surface area contributed by atoms with Crippen molar-refractivity contribution in [3.05, 3.63) is 83.9 Å². The fourth-order valence-electron chi connectivity index (χ4n) is 2.99. The summed E-state index contributed by atoms with van der Waals surface area (Å²) in [5.41, 5.74) is 2.64. The summed E-state index contributed by atoms with van der Waals surface area (Å²) in [6, 6.07) is 20.7. The molecule has 0 saturated carbocycles. The minimum atomic E-state index is -1.55. The first-order valence-corrected chi connectivity index (χ1v) is 10.9. The Morgan fingerprint density at radius 2 is 0.971 bits per heavy atom. The number of nitrogens with zero attached hydrogens (tertiary/aromatic N) is 2. The van der Waals surface area contributed by atoms with Crippen molar-refractivity contribution in [3.63, 3.8) is 0 Å². The van der Waals surface area contributed by atoms with E-state index in [2.05, 4.69) is 52.5 Å². The normalized spacial score (nSPS) is 11.1. The highest BCUT2D eigenvalue weighted by Gasteiger charge is 2.14. The van der Waals surface area contributed by atoms with Gasteiger partial charge in [-0.2, -0.15) is 0 Å². The van der Waals surface area contributed by atoms with Crippen LogP contribution in [0.4, 0.5) is 0 Å². The van der Waals surface area contributed by atoms with Crippen LogP contribution in [0.25, 0.3) is 0 Å². The molecule has 2 aromatic rings. The van der Waals surface area contributed by atoms with E-state index in [1.165, 1.54) is 11.1 Å². The van der Waals surface area contributed by atoms with Gasteiger partial charge in [-0.25, -0.2) is 0 Å². The van der Waals surface area contributed by atoms with E-state index in [4.69, 9.17) is 10.2 Å². The summed E-state index contributed by atoms with van der Waals surface area (Å²) >= 11 is 0. The summed E-state index contributed by atoms with van der Waals surface area (Å²) in [5, 5.41) is 36.6. The first-order valence-electron chi connectivity index (χ1n) is 10.9. The smallest absolute Gasteiger partial charge is 0.104 e. The zero-order valence-corrected chi connectivity index (χ0v) is 20.6. The van der Waals surface area contributed by atoms with E-state index in [0.29, 0.717) is 12.2 Å². The second-order valence-electron chi connectivity index (χ2n) is 9.02. The number of carboxylic acid groups (broad SMARTS) is 2. The number of aliphatic hydroxyl groups is 2. The van der Waals surface area contributed by atoms with Gasteiger partial charge >= 0.3 is 0 Å². The van der Waals surface area contributed by atoms with Gasteiger partial charge in [0.15, 0.2) is 0 Å². The number of rotatable bonds is 10. The van der Waals surface area contributed by atoms with Gasteiger partial charge in [-0.1, -0.05) is 60.7 Å². The maximum absolute atomic E-state index is 9.41. The second-order valence-corrected chi connectivity index (χ2v) is 9.02. The number of likely N-dealkylation sites (N-methyl/N-ethyl adjacent to an activating group) is 2. The van der Waals surface area contributed by atoms with Gasteiger partial charge in [0.2, 0.25) is 0 Å². The molecular formula is C26H38N2O6. The third kappa shape index (κ3) is 17.5. The van der Waals surface area contributed by atoms with Crippen LogP contribution < -0.4 is 10.2 Å². The number of carbonyl (C=O) groups is 2. The lowest BCUT2D eigenvalue weighted by molar-refractivity contribution is -0.903. The van der Waals surface area contributed by atoms with Crippen molar-refractivity contribution < 1.29 is 39.0 Å². The van der Waals surface area contributed by atoms with Crippen LogP contribution in [0.5, 0.6) is 0 Å². The van der Waals surface area contributed by atoms with Gasteiger partial charge in [-0.15, -0.1) is 0 Å². The standard InChI is InChI=1S/2C11H18NO.C4H4O4/c2*1-12(2,8-9-13)10-11-6-4-3-5-7-11;5-3(6)1-2-4(7)8/h2*3-7,13H,8-10H2,1-2H3;1-2H,(H,5,6)(H,7,8)/q2*+1;/p-2. The van der Waals surface area contributed by atoms with Crippen molar-refractivity contribution in [1.29, 1.82) is 0 Å². The van der Waals surface area contributed by atoms with Crippen molar-refractivity contribution in [2.75, 3.05) is 54.5 Å². The van der Waals surface area contributed by atoms with Gasteiger partial charge in [-0.05, 0) is 12.2 Å². The van der Waals surface area contributed by atoms with Gasteiger partial charge in [0.25, 0.3) is 0 Å². The minimum absolute atomic E-state index is 0.250. The maximum Gasteiger partial charge on any atom is 0.104 e. The summed E-state index contributed by atoms with van der Waals surface area (Å²) in [7, 11) is 8.51. The zero-order chi connectivity index (χ0) is 26.0. The molecule has 0 amide bonds. The lowest BCUT2D eigenvalue weighted by Crippen LogP contribution is -2.41. The monoisotopic (exact) mass is 474 g/mol. The summed E-state index contributed by atoms with van der Waals surface area (Å²) < 4.78 is 1.67. The molecule has 2 N–H and O–H groups in total. The molecule has 0 aliphatic heterocycles. The highest BCUT2D eigenvalue weighted by molar-refractivity contribution is 5.87. The SMILES string of the molecule is C[N+](C)(CCO)Cc1ccccc1.C[N+](C)(CCO)Cc1ccccc1.O=C([O-])C=CC(=O)[O-]. The van der Waals surface area contributed by atoms with E-state index < -0.39 is 11.9 Å². The van der Waals surface area contributed by atoms with Crippen LogP contribution >= 0.6 is 0 Å². The number of carbonyl (C=O) groups excluding carboxylic acids is 2. The van der Waals surface area contributed by atoms with Crippen LogP contribution in [-0.2, 0) is 22.7 Å². The molecule has 0 radical (unpaired) electrons. The molecule has 0 aliphatic carbocycles. The van der Waals surface area contributed by atoms with E-state index in [-0.39, 0.29) is 13.2 Å². The summed E-state index contributed by atoms with van der Waals surface area (Å²) in [6.45, 7) is 4.05. The molecule has 0 unspecified atom stereocenters. The first kappa shape index (κ1) is 31.0. The molecule has 2 aromatic carbocycles. The number of benzene rings is 2. The molecule has 34 heavy (non-hydrogen) atoms. The Bertz CT molecular complexity index is 781. The molecule has 2 rings (SSSR count). The maximum atomic E-state index is 9.41. The number of carboxylic acids is 2. The Hall–Kier alpha value is -3.04. The molecule has 0 aromatic heterocycles. The Labute approximate surface area is 202 Å². The fraction of sp³-hybridized carbons (Fsp3) is 0.385. The third-order valence-electron chi connectivity index (χ3n) is 4.67. The van der Waals surface area contributed by atoms with E-state index in [1.807, 2.05) is 36.4 Å². The van der Waals surface area contributed by atoms with Crippen LogP contribution in [0, 0.1) is 0 Å². The van der Waals surface area contributed by atoms with Crippen molar-refractivity contribution in [2.24, 2.45) is 0 Å². The van der Waals surface area contributed by atoms with Crippen LogP contribution in [0.3, 0.4) is 0 Å². The molecule has 0 spiro atoms. The topological polar surface area (TPSA) is 121 Å². The highest BCUT2D eigenvalue weighted by Crippen LogP contribution is 2.08. The molecule has 8 heteroatoms. The van der Waals surface area contributed by atoms with Crippen molar-refractivity contribution in [2.45, 2.75) is 13.1 Å². The summed E-state index contributed by atoms with van der Waals surface area (Å²) in [5.74, 6) is -3.09. The van der Waals surface area contributed by atoms with Gasteiger partial charge in [0, 0.05) is 11.1 Å². The highest BCUT2D eigenvalue weighted by atomic mass is 16.4. The predicted molar refractivity (Wildman–Crippen MR) is 128 cm³/mol. The zero-order valence-electron chi connectivity index (χ0n) is 20.6. The Morgan fingerprint density at radius 3 is 1.21 bits per heavy atom. The van der Waals surface area contributed by atoms with Crippen LogP contribution in [0.1, 0.15) is 11.1 Å². The van der Waals surface area contributed by atoms with Gasteiger partial charge < -0.3 is 39.0 Å². The molecule has 0 bridgehead atoms. The Kier molecular flexibility index (Phi) is 15.1. The lowest BCUT2D eigenvalue weighted by Gasteiger charge is -2.28.